The first kappa shape index (κ1) is 25.1. The highest BCUT2D eigenvalue weighted by atomic mass is 35.5. The Bertz CT molecular complexity index is 1030. The van der Waals surface area contributed by atoms with Crippen molar-refractivity contribution in [3.05, 3.63) is 53.1 Å². The van der Waals surface area contributed by atoms with E-state index in [2.05, 4.69) is 10.3 Å². The Morgan fingerprint density at radius 1 is 1.27 bits per heavy atom. The van der Waals surface area contributed by atoms with Crippen LogP contribution in [0.25, 0.3) is 0 Å². The van der Waals surface area contributed by atoms with Gasteiger partial charge in [0.2, 0.25) is 11.8 Å². The fourth-order valence-electron chi connectivity index (χ4n) is 3.28. The number of methoxy groups -OCH3 is 1. The summed E-state index contributed by atoms with van der Waals surface area (Å²) in [6.45, 7) is 5.49. The molecule has 1 aliphatic heterocycles. The van der Waals surface area contributed by atoms with Gasteiger partial charge in [0.05, 0.1) is 18.5 Å². The van der Waals surface area contributed by atoms with Crippen molar-refractivity contribution in [2.24, 2.45) is 4.99 Å². The number of carbonyl (C=O) groups excluding carboxylic acids is 2. The number of nitrogens with one attached hydrogen (secondary N) is 1. The maximum atomic E-state index is 13.2. The molecule has 33 heavy (non-hydrogen) atoms. The lowest BCUT2D eigenvalue weighted by molar-refractivity contribution is -0.128. The standard InChI is InChI=1S/C24H28ClN3O4S/c1-4-32-13-7-12-28-23(30)21(15-22(29)27-19-8-5-6-9-20(19)31-3)33-24(28)26-17-11-10-16(2)18(25)14-17/h5-6,8-11,14,21H,4,7,12-13,15H2,1-3H3,(H,27,29). The van der Waals surface area contributed by atoms with Crippen LogP contribution in [-0.4, -0.2) is 54.0 Å². The molecule has 1 fully saturated rings. The predicted molar refractivity (Wildman–Crippen MR) is 134 cm³/mol. The molecule has 176 valence electrons. The summed E-state index contributed by atoms with van der Waals surface area (Å²) in [6, 6.07) is 12.7. The Balaban J connectivity index is 1.75. The molecule has 0 radical (unpaired) electrons. The first-order valence-corrected chi connectivity index (χ1v) is 12.0. The average Bonchev–Trinajstić information content (AvgIpc) is 3.08. The molecule has 3 rings (SSSR count). The molecule has 2 aromatic rings. The molecule has 1 saturated heterocycles. The Morgan fingerprint density at radius 3 is 2.79 bits per heavy atom. The molecule has 0 spiro atoms. The third kappa shape index (κ3) is 6.72. The third-order valence-corrected chi connectivity index (χ3v) is 6.61. The number of nitrogens with zero attached hydrogens (tertiary/aromatic N) is 2. The zero-order chi connectivity index (χ0) is 23.8. The van der Waals surface area contributed by atoms with Crippen molar-refractivity contribution in [1.29, 1.82) is 0 Å². The highest BCUT2D eigenvalue weighted by Crippen LogP contribution is 2.33. The second-order valence-electron chi connectivity index (χ2n) is 7.43. The van der Waals surface area contributed by atoms with Gasteiger partial charge < -0.3 is 14.8 Å². The number of halogens is 1. The van der Waals surface area contributed by atoms with Crippen LogP contribution in [0.4, 0.5) is 11.4 Å². The first-order valence-electron chi connectivity index (χ1n) is 10.8. The molecule has 0 aromatic heterocycles. The number of aryl methyl sites for hydroxylation is 1. The normalized spacial score (nSPS) is 17.0. The van der Waals surface area contributed by atoms with Crippen LogP contribution in [0.2, 0.25) is 5.02 Å². The molecular weight excluding hydrogens is 462 g/mol. The highest BCUT2D eigenvalue weighted by Gasteiger charge is 2.39. The minimum absolute atomic E-state index is 0.0250. The zero-order valence-corrected chi connectivity index (χ0v) is 20.5. The van der Waals surface area contributed by atoms with Gasteiger partial charge in [-0.25, -0.2) is 4.99 Å². The van der Waals surface area contributed by atoms with E-state index in [4.69, 9.17) is 21.1 Å². The molecule has 1 N–H and O–H groups in total. The first-order chi connectivity index (χ1) is 15.9. The molecule has 0 bridgehead atoms. The lowest BCUT2D eigenvalue weighted by atomic mass is 10.2. The maximum absolute atomic E-state index is 13.2. The van der Waals surface area contributed by atoms with Gasteiger partial charge in [-0.05, 0) is 50.1 Å². The number of anilines is 1. The Morgan fingerprint density at radius 2 is 2.06 bits per heavy atom. The van der Waals surface area contributed by atoms with Crippen LogP contribution in [0.1, 0.15) is 25.3 Å². The fraction of sp³-hybridized carbons (Fsp3) is 0.375. The van der Waals surface area contributed by atoms with Crippen LogP contribution in [0.5, 0.6) is 5.75 Å². The van der Waals surface area contributed by atoms with Crippen molar-refractivity contribution >= 4 is 51.7 Å². The van der Waals surface area contributed by atoms with Gasteiger partial charge in [-0.2, -0.15) is 0 Å². The van der Waals surface area contributed by atoms with Crippen molar-refractivity contribution in [2.75, 3.05) is 32.2 Å². The zero-order valence-electron chi connectivity index (χ0n) is 19.0. The molecule has 2 amide bonds. The van der Waals surface area contributed by atoms with E-state index in [0.29, 0.717) is 53.5 Å². The minimum atomic E-state index is -0.563. The van der Waals surface area contributed by atoms with E-state index < -0.39 is 5.25 Å². The summed E-state index contributed by atoms with van der Waals surface area (Å²) in [6.07, 6.45) is 0.700. The Labute approximate surface area is 203 Å². The summed E-state index contributed by atoms with van der Waals surface area (Å²) in [5, 5.41) is 3.45. The van der Waals surface area contributed by atoms with Gasteiger partial charge in [0.15, 0.2) is 5.17 Å². The number of para-hydroxylation sites is 2. The number of thioether (sulfide) groups is 1. The van der Waals surface area contributed by atoms with E-state index in [0.717, 1.165) is 5.56 Å². The van der Waals surface area contributed by atoms with Crippen molar-refractivity contribution < 1.29 is 19.1 Å². The number of rotatable bonds is 10. The molecule has 0 aliphatic carbocycles. The minimum Gasteiger partial charge on any atom is -0.495 e. The number of carbonyl (C=O) groups is 2. The van der Waals surface area contributed by atoms with E-state index in [-0.39, 0.29) is 18.2 Å². The SMILES string of the molecule is CCOCCCN1C(=O)C(CC(=O)Nc2ccccc2OC)SC1=Nc1ccc(C)c(Cl)c1. The molecule has 1 atom stereocenters. The van der Waals surface area contributed by atoms with Crippen LogP contribution in [0.15, 0.2) is 47.5 Å². The Kier molecular flexibility index (Phi) is 9.17. The molecule has 1 unspecified atom stereocenters. The topological polar surface area (TPSA) is 80.2 Å². The van der Waals surface area contributed by atoms with Gasteiger partial charge >= 0.3 is 0 Å². The second kappa shape index (κ2) is 12.1. The van der Waals surface area contributed by atoms with Crippen LogP contribution in [-0.2, 0) is 14.3 Å². The molecule has 9 heteroatoms. The Hall–Kier alpha value is -2.55. The van der Waals surface area contributed by atoms with Crippen molar-refractivity contribution in [3.8, 4) is 5.75 Å². The summed E-state index contributed by atoms with van der Waals surface area (Å²) < 4.78 is 10.7. The largest absolute Gasteiger partial charge is 0.495 e. The van der Waals surface area contributed by atoms with Crippen LogP contribution in [0, 0.1) is 6.92 Å². The molecular formula is C24H28ClN3O4S. The van der Waals surface area contributed by atoms with E-state index >= 15 is 0 Å². The summed E-state index contributed by atoms with van der Waals surface area (Å²) in [7, 11) is 1.54. The van der Waals surface area contributed by atoms with Gasteiger partial charge in [0.25, 0.3) is 0 Å². The lowest BCUT2D eigenvalue weighted by Crippen LogP contribution is -2.34. The number of amides is 2. The highest BCUT2D eigenvalue weighted by molar-refractivity contribution is 8.15. The predicted octanol–water partition coefficient (Wildman–Crippen LogP) is 5.04. The summed E-state index contributed by atoms with van der Waals surface area (Å²) in [4.78, 5) is 32.2. The van der Waals surface area contributed by atoms with E-state index in [1.165, 1.54) is 11.8 Å². The fourth-order valence-corrected chi connectivity index (χ4v) is 4.64. The van der Waals surface area contributed by atoms with E-state index in [9.17, 15) is 9.59 Å². The number of ether oxygens (including phenoxy) is 2. The molecule has 1 heterocycles. The quantitative estimate of drug-likeness (QED) is 0.473. The number of amidine groups is 1. The van der Waals surface area contributed by atoms with Crippen molar-refractivity contribution in [3.63, 3.8) is 0 Å². The van der Waals surface area contributed by atoms with Gasteiger partial charge in [0, 0.05) is 31.2 Å². The number of aliphatic imine (C=N–C) groups is 1. The lowest BCUT2D eigenvalue weighted by Gasteiger charge is -2.16. The molecule has 0 saturated carbocycles. The van der Waals surface area contributed by atoms with Crippen LogP contribution < -0.4 is 10.1 Å². The number of hydrogen-bond donors (Lipinski definition) is 1. The van der Waals surface area contributed by atoms with Crippen LogP contribution >= 0.6 is 23.4 Å². The molecule has 1 aliphatic rings. The van der Waals surface area contributed by atoms with Gasteiger partial charge in [-0.15, -0.1) is 0 Å². The third-order valence-electron chi connectivity index (χ3n) is 5.03. The summed E-state index contributed by atoms with van der Waals surface area (Å²) in [5.74, 6) is 0.162. The molecule has 2 aromatic carbocycles. The summed E-state index contributed by atoms with van der Waals surface area (Å²) >= 11 is 7.54. The summed E-state index contributed by atoms with van der Waals surface area (Å²) in [5.41, 5.74) is 2.18. The number of hydrogen-bond acceptors (Lipinski definition) is 6. The number of benzene rings is 2. The van der Waals surface area contributed by atoms with Crippen molar-refractivity contribution in [1.82, 2.24) is 4.90 Å². The maximum Gasteiger partial charge on any atom is 0.242 e. The smallest absolute Gasteiger partial charge is 0.242 e. The molecule has 7 nitrogen and oxygen atoms in total. The van der Waals surface area contributed by atoms with Crippen LogP contribution in [0.3, 0.4) is 0 Å². The van der Waals surface area contributed by atoms with Gasteiger partial charge in [-0.3, -0.25) is 14.5 Å². The van der Waals surface area contributed by atoms with E-state index in [1.54, 1.807) is 30.2 Å². The second-order valence-corrected chi connectivity index (χ2v) is 9.00. The monoisotopic (exact) mass is 489 g/mol. The van der Waals surface area contributed by atoms with Gasteiger partial charge in [0.1, 0.15) is 11.0 Å². The van der Waals surface area contributed by atoms with Crippen molar-refractivity contribution in [2.45, 2.75) is 31.9 Å². The average molecular weight is 490 g/mol. The van der Waals surface area contributed by atoms with Gasteiger partial charge in [-0.1, -0.05) is 41.6 Å². The van der Waals surface area contributed by atoms with E-state index in [1.807, 2.05) is 38.1 Å².